The van der Waals surface area contributed by atoms with Crippen LogP contribution in [0.4, 0.5) is 0 Å². The van der Waals surface area contributed by atoms with Crippen molar-refractivity contribution in [1.29, 1.82) is 0 Å². The molecule has 0 radical (unpaired) electrons. The number of para-hydroxylation sites is 4. The molecule has 0 amide bonds. The van der Waals surface area contributed by atoms with Gasteiger partial charge in [-0.25, -0.2) is 0 Å². The highest BCUT2D eigenvalue weighted by atomic mass is 15.1. The Labute approximate surface area is 324 Å². The summed E-state index contributed by atoms with van der Waals surface area (Å²) in [6.07, 6.45) is 0. The fraction of sp³-hybridized carbons (Fsp3) is 0. The van der Waals surface area contributed by atoms with Crippen LogP contribution in [0, 0.1) is 0 Å². The molecular weight excluding hydrogens is 674 g/mol. The van der Waals surface area contributed by atoms with Crippen molar-refractivity contribution in [2.24, 2.45) is 0 Å². The Hall–Kier alpha value is -7.03. The van der Waals surface area contributed by atoms with Gasteiger partial charge in [0, 0.05) is 16.8 Å². The van der Waals surface area contributed by atoms with E-state index in [0.29, 0.717) is 0 Å². The smallest absolute Gasteiger partial charge is 0.242 e. The van der Waals surface area contributed by atoms with Gasteiger partial charge in [0.15, 0.2) is 0 Å². The third kappa shape index (κ3) is 3.48. The first-order valence-corrected chi connectivity index (χ1v) is 19.8. The Kier molecular flexibility index (Phi) is 5.44. The SMILES string of the molecule is c1ccc(-n2c3ccccc3n(-c3ccccc3)c3c4ccc5cc6c(c7ccc(cc32)c4c57)B2c3ccccc3-c3ccc4c(c32)B6c2ccccc2-4)cc1. The summed E-state index contributed by atoms with van der Waals surface area (Å²) in [5.41, 5.74) is 21.5. The third-order valence-electron chi connectivity index (χ3n) is 13.4. The number of benzene rings is 10. The Morgan fingerprint density at radius 2 is 0.839 bits per heavy atom. The molecule has 0 aliphatic carbocycles. The Morgan fingerprint density at radius 1 is 0.321 bits per heavy atom. The minimum Gasteiger partial charge on any atom is -0.306 e. The lowest BCUT2D eigenvalue weighted by Crippen LogP contribution is -2.72. The molecule has 4 heteroatoms. The zero-order valence-corrected chi connectivity index (χ0v) is 30.4. The molecular formula is C52H30B2N2. The fourth-order valence-electron chi connectivity index (χ4n) is 11.4. The van der Waals surface area contributed by atoms with Crippen LogP contribution in [0.1, 0.15) is 0 Å². The van der Waals surface area contributed by atoms with Gasteiger partial charge in [-0.15, -0.1) is 0 Å². The second-order valence-electron chi connectivity index (χ2n) is 15.9. The van der Waals surface area contributed by atoms with E-state index in [2.05, 4.69) is 191 Å². The van der Waals surface area contributed by atoms with Gasteiger partial charge in [0.1, 0.15) is 0 Å². The maximum atomic E-state index is 2.57. The topological polar surface area (TPSA) is 9.86 Å². The fourth-order valence-corrected chi connectivity index (χ4v) is 11.4. The zero-order valence-electron chi connectivity index (χ0n) is 30.4. The maximum absolute atomic E-state index is 2.57. The number of rotatable bonds is 2. The van der Waals surface area contributed by atoms with E-state index in [-0.39, 0.29) is 13.4 Å². The summed E-state index contributed by atoms with van der Waals surface area (Å²) in [6, 6.07) is 68.5. The van der Waals surface area contributed by atoms with Crippen LogP contribution in [0.25, 0.3) is 88.0 Å². The Bertz CT molecular complexity index is 3540. The Morgan fingerprint density at radius 3 is 1.54 bits per heavy atom. The molecule has 0 unspecified atom stereocenters. The number of aromatic nitrogens is 2. The van der Waals surface area contributed by atoms with E-state index < -0.39 is 0 Å². The van der Waals surface area contributed by atoms with E-state index in [1.807, 2.05) is 0 Å². The van der Waals surface area contributed by atoms with Crippen LogP contribution in [0.5, 0.6) is 0 Å². The van der Waals surface area contributed by atoms with E-state index in [1.165, 1.54) is 109 Å². The van der Waals surface area contributed by atoms with Crippen molar-refractivity contribution in [3.8, 4) is 33.6 Å². The lowest BCUT2D eigenvalue weighted by atomic mass is 9.22. The van der Waals surface area contributed by atoms with Crippen LogP contribution in [0.3, 0.4) is 0 Å². The van der Waals surface area contributed by atoms with Crippen LogP contribution < -0.4 is 32.8 Å². The first kappa shape index (κ1) is 29.3. The molecule has 0 N–H and O–H groups in total. The minimum atomic E-state index is 0.191. The molecule has 56 heavy (non-hydrogen) atoms. The van der Waals surface area contributed by atoms with E-state index in [1.54, 1.807) is 0 Å². The monoisotopic (exact) mass is 704 g/mol. The summed E-state index contributed by atoms with van der Waals surface area (Å²) < 4.78 is 4.96. The van der Waals surface area contributed by atoms with Gasteiger partial charge in [0.2, 0.25) is 13.4 Å². The molecule has 11 aromatic rings. The number of hydrogen-bond donors (Lipinski definition) is 0. The first-order valence-electron chi connectivity index (χ1n) is 19.8. The van der Waals surface area contributed by atoms with Crippen molar-refractivity contribution < 1.29 is 0 Å². The Balaban J connectivity index is 1.17. The summed E-state index contributed by atoms with van der Waals surface area (Å²) in [5.74, 6) is 0. The molecule has 0 saturated carbocycles. The van der Waals surface area contributed by atoms with Crippen LogP contribution in [0.15, 0.2) is 182 Å². The quantitative estimate of drug-likeness (QED) is 0.0974. The average Bonchev–Trinajstić information content (AvgIpc) is 3.78. The summed E-state index contributed by atoms with van der Waals surface area (Å²) in [6.45, 7) is 0.410. The molecule has 2 nitrogen and oxygen atoms in total. The molecule has 3 aliphatic heterocycles. The van der Waals surface area contributed by atoms with E-state index in [4.69, 9.17) is 0 Å². The molecule has 0 atom stereocenters. The number of fused-ring (bicyclic) bond motifs is 13. The van der Waals surface area contributed by atoms with Crippen LogP contribution in [-0.2, 0) is 0 Å². The number of nitrogens with zero attached hydrogens (tertiary/aromatic N) is 2. The van der Waals surface area contributed by atoms with Gasteiger partial charge in [0.25, 0.3) is 0 Å². The van der Waals surface area contributed by atoms with Crippen molar-refractivity contribution in [3.63, 3.8) is 0 Å². The molecule has 1 aromatic heterocycles. The largest absolute Gasteiger partial charge is 0.306 e. The highest BCUT2D eigenvalue weighted by molar-refractivity contribution is 7.15. The molecule has 0 fully saturated rings. The number of hydrogen-bond acceptors (Lipinski definition) is 0. The summed E-state index contributed by atoms with van der Waals surface area (Å²) in [4.78, 5) is 0. The van der Waals surface area contributed by atoms with Crippen LogP contribution >= 0.6 is 0 Å². The predicted octanol–water partition coefficient (Wildman–Crippen LogP) is 8.34. The predicted molar refractivity (Wildman–Crippen MR) is 239 cm³/mol. The lowest BCUT2D eigenvalue weighted by molar-refractivity contribution is 1.09. The summed E-state index contributed by atoms with van der Waals surface area (Å²) in [5, 5.41) is 7.95. The first-order chi connectivity index (χ1) is 27.8. The molecule has 10 aromatic carbocycles. The van der Waals surface area contributed by atoms with Crippen molar-refractivity contribution in [2.75, 3.05) is 0 Å². The van der Waals surface area contributed by atoms with Gasteiger partial charge in [-0.2, -0.15) is 0 Å². The molecule has 254 valence electrons. The molecule has 0 saturated heterocycles. The molecule has 4 heterocycles. The average molecular weight is 704 g/mol. The molecule has 3 aliphatic rings. The van der Waals surface area contributed by atoms with Gasteiger partial charge in [-0.05, 0) is 91.6 Å². The normalized spacial score (nSPS) is 13.3. The van der Waals surface area contributed by atoms with E-state index in [0.717, 1.165) is 11.4 Å². The third-order valence-corrected chi connectivity index (χ3v) is 13.4. The summed E-state index contributed by atoms with van der Waals surface area (Å²) in [7, 11) is 0. The van der Waals surface area contributed by atoms with E-state index >= 15 is 0 Å². The van der Waals surface area contributed by atoms with Crippen LogP contribution in [0.2, 0.25) is 0 Å². The zero-order chi connectivity index (χ0) is 36.2. The minimum absolute atomic E-state index is 0.191. The van der Waals surface area contributed by atoms with Crippen molar-refractivity contribution in [3.05, 3.63) is 182 Å². The molecule has 0 bridgehead atoms. The van der Waals surface area contributed by atoms with Gasteiger partial charge in [0.05, 0.1) is 22.1 Å². The molecule has 0 spiro atoms. The second-order valence-corrected chi connectivity index (χ2v) is 15.9. The van der Waals surface area contributed by atoms with E-state index in [9.17, 15) is 0 Å². The highest BCUT2D eigenvalue weighted by Crippen LogP contribution is 2.42. The highest BCUT2D eigenvalue weighted by Gasteiger charge is 2.49. The van der Waals surface area contributed by atoms with Gasteiger partial charge < -0.3 is 9.13 Å². The van der Waals surface area contributed by atoms with Crippen molar-refractivity contribution >= 4 is 101 Å². The van der Waals surface area contributed by atoms with Gasteiger partial charge in [-0.1, -0.05) is 172 Å². The molecule has 14 rings (SSSR count). The van der Waals surface area contributed by atoms with Gasteiger partial charge >= 0.3 is 0 Å². The standard InChI is InChI=1S/C52H30B2N2/c1-3-13-33(14-4-1)55-44-21-11-12-22-45(44)56(34-15-5-2-6-16-34)52-40-26-24-31-29-43-49(39-25-23-32(30-46(52)55)48(40)47(31)39)54-42-20-10-8-18-36(42)38-28-27-37-35-17-7-9-19-41(35)53(43)50(37)51(38)54/h1-30H. The summed E-state index contributed by atoms with van der Waals surface area (Å²) >= 11 is 0. The van der Waals surface area contributed by atoms with Crippen molar-refractivity contribution in [1.82, 2.24) is 9.13 Å². The van der Waals surface area contributed by atoms with Crippen molar-refractivity contribution in [2.45, 2.75) is 0 Å². The van der Waals surface area contributed by atoms with Gasteiger partial charge in [-0.3, -0.25) is 0 Å². The van der Waals surface area contributed by atoms with Crippen LogP contribution in [-0.4, -0.2) is 22.6 Å². The lowest BCUT2D eigenvalue weighted by Gasteiger charge is -2.31. The second kappa shape index (κ2) is 10.4. The maximum Gasteiger partial charge on any atom is 0.242 e.